The first-order valence-corrected chi connectivity index (χ1v) is 8.82. The summed E-state index contributed by atoms with van der Waals surface area (Å²) in [5.41, 5.74) is 0.991. The number of hydrogen-bond donors (Lipinski definition) is 1. The molecule has 2 aromatic heterocycles. The van der Waals surface area contributed by atoms with Crippen molar-refractivity contribution >= 4 is 27.9 Å². The number of rotatable bonds is 6. The van der Waals surface area contributed by atoms with Crippen LogP contribution in [0.5, 0.6) is 5.75 Å². The molecule has 3 aromatic rings. The number of hydrogen-bond acceptors (Lipinski definition) is 6. The summed E-state index contributed by atoms with van der Waals surface area (Å²) in [7, 11) is 0. The van der Waals surface area contributed by atoms with Crippen molar-refractivity contribution in [3.63, 3.8) is 0 Å². The Hall–Kier alpha value is -2.74. The zero-order chi connectivity index (χ0) is 17.8. The van der Waals surface area contributed by atoms with Crippen LogP contribution >= 0.6 is 11.3 Å². The van der Waals surface area contributed by atoms with Crippen LogP contribution in [0.4, 0.5) is 5.69 Å². The Labute approximate surface area is 148 Å². The van der Waals surface area contributed by atoms with Crippen LogP contribution in [0, 0.1) is 0 Å². The van der Waals surface area contributed by atoms with E-state index in [9.17, 15) is 9.59 Å². The van der Waals surface area contributed by atoms with E-state index in [1.54, 1.807) is 31.2 Å². The Morgan fingerprint density at radius 3 is 2.92 bits per heavy atom. The number of carbonyl (C=O) groups is 1. The lowest BCUT2D eigenvalue weighted by Gasteiger charge is -2.08. The van der Waals surface area contributed by atoms with E-state index in [1.165, 1.54) is 21.9 Å². The van der Waals surface area contributed by atoms with Gasteiger partial charge in [0.15, 0.2) is 0 Å². The molecule has 0 fully saturated rings. The van der Waals surface area contributed by atoms with Gasteiger partial charge in [0.1, 0.15) is 17.4 Å². The third kappa shape index (κ3) is 4.03. The summed E-state index contributed by atoms with van der Waals surface area (Å²) in [6.07, 6.45) is 1.17. The summed E-state index contributed by atoms with van der Waals surface area (Å²) in [4.78, 5) is 28.6. The number of aryl methyl sites for hydroxylation is 1. The molecule has 1 amide bonds. The summed E-state index contributed by atoms with van der Waals surface area (Å²) < 4.78 is 7.02. The molecule has 0 spiro atoms. The summed E-state index contributed by atoms with van der Waals surface area (Å²) in [6.45, 7) is 3.94. The number of benzene rings is 1. The van der Waals surface area contributed by atoms with Crippen molar-refractivity contribution in [3.05, 3.63) is 51.4 Å². The molecule has 25 heavy (non-hydrogen) atoms. The number of nitrogens with one attached hydrogen (secondary N) is 1. The topological polar surface area (TPSA) is 85.6 Å². The molecule has 0 atom stereocenters. The summed E-state index contributed by atoms with van der Waals surface area (Å²) in [5.74, 6) is 0.531. The van der Waals surface area contributed by atoms with E-state index in [0.29, 0.717) is 28.5 Å². The molecular weight excluding hydrogens is 340 g/mol. The lowest BCUT2D eigenvalue weighted by Crippen LogP contribution is -2.16. The van der Waals surface area contributed by atoms with Crippen LogP contribution in [-0.2, 0) is 17.8 Å². The van der Waals surface area contributed by atoms with Gasteiger partial charge in [-0.25, -0.2) is 4.98 Å². The Bertz CT molecular complexity index is 964. The minimum absolute atomic E-state index is 0.0609. The molecule has 0 aliphatic carbocycles. The molecule has 130 valence electrons. The standard InChI is InChI=1S/C17H18N4O3S/c1-3-14(22)18-11-6-5-7-13(8-11)24-10-12-9-16(23)21-17(19-12)25-15(4-2)20-21/h5-9H,3-4,10H2,1-2H3,(H,18,22). The average molecular weight is 358 g/mol. The number of amides is 1. The Kier molecular flexibility index (Phi) is 5.08. The number of carbonyl (C=O) groups excluding carboxylic acids is 1. The van der Waals surface area contributed by atoms with Gasteiger partial charge in [-0.3, -0.25) is 9.59 Å². The number of aromatic nitrogens is 3. The smallest absolute Gasteiger partial charge is 0.275 e. The molecule has 3 rings (SSSR count). The first-order chi connectivity index (χ1) is 12.1. The lowest BCUT2D eigenvalue weighted by atomic mass is 10.3. The molecule has 0 saturated heterocycles. The fourth-order valence-electron chi connectivity index (χ4n) is 2.18. The fraction of sp³-hybridized carbons (Fsp3) is 0.294. The minimum Gasteiger partial charge on any atom is -0.487 e. The lowest BCUT2D eigenvalue weighted by molar-refractivity contribution is -0.115. The maximum absolute atomic E-state index is 12.1. The van der Waals surface area contributed by atoms with Crippen LogP contribution < -0.4 is 15.6 Å². The molecule has 1 N–H and O–H groups in total. The molecule has 7 nitrogen and oxygen atoms in total. The van der Waals surface area contributed by atoms with Crippen LogP contribution in [0.1, 0.15) is 31.0 Å². The second-order valence-electron chi connectivity index (χ2n) is 5.35. The van der Waals surface area contributed by atoms with Gasteiger partial charge in [0.25, 0.3) is 5.56 Å². The fourth-order valence-corrected chi connectivity index (χ4v) is 3.04. The van der Waals surface area contributed by atoms with Crippen LogP contribution in [0.3, 0.4) is 0 Å². The van der Waals surface area contributed by atoms with Gasteiger partial charge in [-0.05, 0) is 18.6 Å². The largest absolute Gasteiger partial charge is 0.487 e. The third-order valence-electron chi connectivity index (χ3n) is 3.47. The molecule has 2 heterocycles. The van der Waals surface area contributed by atoms with Gasteiger partial charge >= 0.3 is 0 Å². The van der Waals surface area contributed by atoms with E-state index in [4.69, 9.17) is 4.74 Å². The summed E-state index contributed by atoms with van der Waals surface area (Å²) in [5, 5.41) is 7.86. The molecule has 0 bridgehead atoms. The quantitative estimate of drug-likeness (QED) is 0.732. The molecule has 0 aliphatic heterocycles. The van der Waals surface area contributed by atoms with E-state index in [0.717, 1.165) is 11.4 Å². The highest BCUT2D eigenvalue weighted by atomic mass is 32.1. The average Bonchev–Trinajstić information content (AvgIpc) is 3.04. The van der Waals surface area contributed by atoms with Gasteiger partial charge in [-0.1, -0.05) is 31.3 Å². The van der Waals surface area contributed by atoms with Crippen molar-refractivity contribution < 1.29 is 9.53 Å². The van der Waals surface area contributed by atoms with E-state index < -0.39 is 0 Å². The summed E-state index contributed by atoms with van der Waals surface area (Å²) in [6, 6.07) is 8.54. The summed E-state index contributed by atoms with van der Waals surface area (Å²) >= 11 is 1.40. The predicted molar refractivity (Wildman–Crippen MR) is 96.2 cm³/mol. The maximum Gasteiger partial charge on any atom is 0.275 e. The van der Waals surface area contributed by atoms with Crippen molar-refractivity contribution in [2.75, 3.05) is 5.32 Å². The minimum atomic E-state index is -0.219. The van der Waals surface area contributed by atoms with E-state index in [1.807, 2.05) is 6.92 Å². The van der Waals surface area contributed by atoms with Crippen LogP contribution in [0.2, 0.25) is 0 Å². The zero-order valence-corrected chi connectivity index (χ0v) is 14.8. The SMILES string of the molecule is CCC(=O)Nc1cccc(OCc2cc(=O)n3nc(CC)sc3n2)c1. The van der Waals surface area contributed by atoms with Crippen molar-refractivity contribution in [3.8, 4) is 5.75 Å². The third-order valence-corrected chi connectivity index (χ3v) is 4.52. The molecule has 8 heteroatoms. The Balaban J connectivity index is 1.75. The monoisotopic (exact) mass is 358 g/mol. The highest BCUT2D eigenvalue weighted by Gasteiger charge is 2.09. The number of ether oxygens (including phenoxy) is 1. The van der Waals surface area contributed by atoms with Crippen molar-refractivity contribution in [2.45, 2.75) is 33.3 Å². The van der Waals surface area contributed by atoms with Crippen LogP contribution in [-0.4, -0.2) is 20.5 Å². The van der Waals surface area contributed by atoms with Crippen molar-refractivity contribution in [1.82, 2.24) is 14.6 Å². The van der Waals surface area contributed by atoms with Crippen molar-refractivity contribution in [2.24, 2.45) is 0 Å². The molecular formula is C17H18N4O3S. The van der Waals surface area contributed by atoms with E-state index in [2.05, 4.69) is 15.4 Å². The van der Waals surface area contributed by atoms with E-state index >= 15 is 0 Å². The second kappa shape index (κ2) is 7.43. The van der Waals surface area contributed by atoms with Crippen LogP contribution in [0.15, 0.2) is 35.1 Å². The normalized spacial score (nSPS) is 10.8. The Morgan fingerprint density at radius 1 is 1.32 bits per heavy atom. The van der Waals surface area contributed by atoms with Crippen LogP contribution in [0.25, 0.3) is 4.96 Å². The van der Waals surface area contributed by atoms with Crippen molar-refractivity contribution in [1.29, 1.82) is 0 Å². The molecule has 0 radical (unpaired) electrons. The first-order valence-electron chi connectivity index (χ1n) is 8.00. The number of fused-ring (bicyclic) bond motifs is 1. The zero-order valence-electron chi connectivity index (χ0n) is 14.0. The van der Waals surface area contributed by atoms with Gasteiger partial charge in [0.05, 0.1) is 5.69 Å². The molecule has 0 saturated carbocycles. The second-order valence-corrected chi connectivity index (χ2v) is 6.39. The van der Waals surface area contributed by atoms with Gasteiger partial charge in [0.2, 0.25) is 10.9 Å². The van der Waals surface area contributed by atoms with Gasteiger partial charge < -0.3 is 10.1 Å². The molecule has 0 aliphatic rings. The maximum atomic E-state index is 12.1. The highest BCUT2D eigenvalue weighted by Crippen LogP contribution is 2.19. The Morgan fingerprint density at radius 2 is 2.16 bits per heavy atom. The van der Waals surface area contributed by atoms with E-state index in [-0.39, 0.29) is 18.1 Å². The molecule has 0 unspecified atom stereocenters. The highest BCUT2D eigenvalue weighted by molar-refractivity contribution is 7.16. The van der Waals surface area contributed by atoms with Gasteiger partial charge in [-0.2, -0.15) is 9.61 Å². The molecule has 1 aromatic carbocycles. The first kappa shape index (κ1) is 17.1. The van der Waals surface area contributed by atoms with Gasteiger partial charge in [0, 0.05) is 24.2 Å². The van der Waals surface area contributed by atoms with Gasteiger partial charge in [-0.15, -0.1) is 0 Å². The predicted octanol–water partition coefficient (Wildman–Crippen LogP) is 2.64. The number of nitrogens with zero attached hydrogens (tertiary/aromatic N) is 3. The number of anilines is 1.